The lowest BCUT2D eigenvalue weighted by molar-refractivity contribution is -0.119. The minimum atomic E-state index is -0.288. The Labute approximate surface area is 240 Å². The molecule has 4 rings (SSSR count). The number of amides is 2. The second-order valence-corrected chi connectivity index (χ2v) is 10.9. The van der Waals surface area contributed by atoms with Gasteiger partial charge in [0.25, 0.3) is 0 Å². The van der Waals surface area contributed by atoms with Gasteiger partial charge in [0.15, 0.2) is 10.3 Å². The van der Waals surface area contributed by atoms with Crippen LogP contribution in [0.1, 0.15) is 35.6 Å². The van der Waals surface area contributed by atoms with Crippen molar-refractivity contribution in [2.45, 2.75) is 49.8 Å². The summed E-state index contributed by atoms with van der Waals surface area (Å²) in [5.74, 6) is 11.8. The van der Waals surface area contributed by atoms with Crippen molar-refractivity contribution in [1.29, 1.82) is 0 Å². The van der Waals surface area contributed by atoms with Gasteiger partial charge < -0.3 is 0 Å². The maximum absolute atomic E-state index is 11.7. The highest BCUT2D eigenvalue weighted by atomic mass is 32.2. The van der Waals surface area contributed by atoms with Gasteiger partial charge in [-0.3, -0.25) is 29.6 Å². The molecule has 0 unspecified atom stereocenters. The van der Waals surface area contributed by atoms with Crippen molar-refractivity contribution in [3.8, 4) is 11.4 Å². The lowest BCUT2D eigenvalue weighted by atomic mass is 10.1. The van der Waals surface area contributed by atoms with Crippen LogP contribution in [0.4, 0.5) is 0 Å². The molecule has 210 valence electrons. The molecule has 12 nitrogen and oxygen atoms in total. The zero-order valence-electron chi connectivity index (χ0n) is 22.3. The molecule has 2 aromatic carbocycles. The first-order valence-electron chi connectivity index (χ1n) is 12.7. The average molecular weight is 581 g/mol. The van der Waals surface area contributed by atoms with E-state index in [0.29, 0.717) is 23.2 Å². The van der Waals surface area contributed by atoms with Gasteiger partial charge in [-0.15, -0.1) is 20.4 Å². The Hall–Kier alpha value is -3.72. The van der Waals surface area contributed by atoms with Crippen LogP contribution < -0.4 is 22.5 Å². The number of nitrogens with zero attached hydrogens (tertiary/aromatic N) is 6. The minimum absolute atomic E-state index is 0.141. The molecule has 0 spiro atoms. The van der Waals surface area contributed by atoms with E-state index in [1.807, 2.05) is 71.5 Å². The van der Waals surface area contributed by atoms with Gasteiger partial charge in [-0.05, 0) is 51.0 Å². The van der Waals surface area contributed by atoms with Gasteiger partial charge in [0, 0.05) is 24.2 Å². The number of hydrazine groups is 2. The van der Waals surface area contributed by atoms with Gasteiger partial charge in [-0.25, -0.2) is 11.7 Å². The maximum atomic E-state index is 11.7. The number of aromatic nitrogens is 6. The summed E-state index contributed by atoms with van der Waals surface area (Å²) in [5.41, 5.74) is 8.45. The van der Waals surface area contributed by atoms with Crippen LogP contribution in [0.15, 0.2) is 58.8 Å². The molecule has 0 bridgehead atoms. The van der Waals surface area contributed by atoms with E-state index in [1.165, 1.54) is 23.5 Å². The molecule has 0 aliphatic carbocycles. The van der Waals surface area contributed by atoms with E-state index < -0.39 is 0 Å². The predicted octanol–water partition coefficient (Wildman–Crippen LogP) is 2.19. The molecule has 40 heavy (non-hydrogen) atoms. The lowest BCUT2D eigenvalue weighted by Gasteiger charge is -2.11. The van der Waals surface area contributed by atoms with Crippen LogP contribution in [0.2, 0.25) is 0 Å². The standard InChI is InChI=1S/C26H32N10O2S2/c1-17-7-11-19(12-8-17)35-21(31-33-25(35)39-15-23(37)29-27)5-3-4-6-22-32-34-26(40-16-24(38)30-28)36(22)20-13-9-18(2)10-14-20/h7-14H,3-6,15-16,27-28H2,1-2H3,(H,29,37)(H,30,38). The number of aryl methyl sites for hydroxylation is 4. The second kappa shape index (κ2) is 14.1. The maximum Gasteiger partial charge on any atom is 0.244 e. The van der Waals surface area contributed by atoms with Gasteiger partial charge in [0.2, 0.25) is 11.8 Å². The van der Waals surface area contributed by atoms with Gasteiger partial charge in [-0.2, -0.15) is 0 Å². The van der Waals surface area contributed by atoms with Crippen molar-refractivity contribution in [1.82, 2.24) is 40.4 Å². The summed E-state index contributed by atoms with van der Waals surface area (Å²) in [6.45, 7) is 4.06. The molecule has 0 fully saturated rings. The molecule has 2 aromatic heterocycles. The first-order chi connectivity index (χ1) is 19.4. The summed E-state index contributed by atoms with van der Waals surface area (Å²) in [6, 6.07) is 16.2. The molecule has 6 N–H and O–H groups in total. The minimum Gasteiger partial charge on any atom is -0.294 e. The van der Waals surface area contributed by atoms with Crippen molar-refractivity contribution < 1.29 is 9.59 Å². The van der Waals surface area contributed by atoms with Crippen molar-refractivity contribution in [3.63, 3.8) is 0 Å². The van der Waals surface area contributed by atoms with Gasteiger partial charge in [0.1, 0.15) is 11.6 Å². The number of thioether (sulfide) groups is 2. The third-order valence-corrected chi connectivity index (χ3v) is 7.88. The highest BCUT2D eigenvalue weighted by molar-refractivity contribution is 8.00. The fraction of sp³-hybridized carbons (Fsp3) is 0.308. The van der Waals surface area contributed by atoms with E-state index >= 15 is 0 Å². The number of carbonyl (C=O) groups is 2. The number of nitrogens with two attached hydrogens (primary N) is 2. The molecule has 0 aliphatic rings. The van der Waals surface area contributed by atoms with Gasteiger partial charge in [-0.1, -0.05) is 58.9 Å². The first-order valence-corrected chi connectivity index (χ1v) is 14.6. The molecule has 2 heterocycles. The Balaban J connectivity index is 1.48. The van der Waals surface area contributed by atoms with Crippen molar-refractivity contribution in [2.75, 3.05) is 11.5 Å². The van der Waals surface area contributed by atoms with E-state index in [1.54, 1.807) is 0 Å². The van der Waals surface area contributed by atoms with E-state index in [-0.39, 0.29) is 23.3 Å². The molecule has 4 aromatic rings. The molecule has 0 saturated heterocycles. The fourth-order valence-corrected chi connectivity index (χ4v) is 5.49. The quantitative estimate of drug-likeness (QED) is 0.0604. The van der Waals surface area contributed by atoms with E-state index in [4.69, 9.17) is 11.7 Å². The fourth-order valence-electron chi connectivity index (χ4n) is 3.93. The van der Waals surface area contributed by atoms with Crippen LogP contribution in [0.5, 0.6) is 0 Å². The largest absolute Gasteiger partial charge is 0.294 e. The van der Waals surface area contributed by atoms with Crippen molar-refractivity contribution in [2.24, 2.45) is 11.7 Å². The van der Waals surface area contributed by atoms with Crippen LogP contribution in [0.25, 0.3) is 11.4 Å². The van der Waals surface area contributed by atoms with Crippen LogP contribution in [-0.4, -0.2) is 52.8 Å². The number of nitrogens with one attached hydrogen (secondary N) is 2. The average Bonchev–Trinajstić information content (AvgIpc) is 3.57. The molecule has 0 aliphatic heterocycles. The molecule has 0 radical (unpaired) electrons. The normalized spacial score (nSPS) is 11.0. The lowest BCUT2D eigenvalue weighted by Crippen LogP contribution is -2.31. The number of rotatable bonds is 13. The molecule has 2 amide bonds. The Morgan fingerprint density at radius 1 is 0.675 bits per heavy atom. The van der Waals surface area contributed by atoms with Crippen LogP contribution in [-0.2, 0) is 22.4 Å². The Bertz CT molecular complexity index is 1330. The number of benzene rings is 2. The Kier molecular flexibility index (Phi) is 10.3. The Morgan fingerprint density at radius 3 is 1.40 bits per heavy atom. The molecular weight excluding hydrogens is 548 g/mol. The summed E-state index contributed by atoms with van der Waals surface area (Å²) < 4.78 is 3.97. The third kappa shape index (κ3) is 7.47. The summed E-state index contributed by atoms with van der Waals surface area (Å²) in [6.07, 6.45) is 3.02. The first kappa shape index (κ1) is 29.3. The monoisotopic (exact) mass is 580 g/mol. The van der Waals surface area contributed by atoms with E-state index in [9.17, 15) is 9.59 Å². The second-order valence-electron chi connectivity index (χ2n) is 9.06. The molecule has 14 heteroatoms. The highest BCUT2D eigenvalue weighted by Crippen LogP contribution is 2.25. The topological polar surface area (TPSA) is 172 Å². The third-order valence-electron chi connectivity index (χ3n) is 6.02. The molecular formula is C26H32N10O2S2. The molecule has 0 saturated carbocycles. The smallest absolute Gasteiger partial charge is 0.244 e. The van der Waals surface area contributed by atoms with Gasteiger partial charge >= 0.3 is 0 Å². The zero-order valence-corrected chi connectivity index (χ0v) is 24.0. The predicted molar refractivity (Wildman–Crippen MR) is 155 cm³/mol. The summed E-state index contributed by atoms with van der Waals surface area (Å²) in [7, 11) is 0. The molecule has 0 atom stereocenters. The van der Waals surface area contributed by atoms with Crippen molar-refractivity contribution in [3.05, 3.63) is 71.3 Å². The van der Waals surface area contributed by atoms with Crippen LogP contribution in [0.3, 0.4) is 0 Å². The Morgan fingerprint density at radius 2 is 1.05 bits per heavy atom. The van der Waals surface area contributed by atoms with Crippen LogP contribution >= 0.6 is 23.5 Å². The number of carbonyl (C=O) groups excluding carboxylic acids is 2. The number of unbranched alkanes of at least 4 members (excludes halogenated alkanes) is 1. The summed E-state index contributed by atoms with van der Waals surface area (Å²) in [5, 5.41) is 18.8. The van der Waals surface area contributed by atoms with E-state index in [0.717, 1.165) is 47.0 Å². The van der Waals surface area contributed by atoms with Crippen LogP contribution in [0, 0.1) is 13.8 Å². The summed E-state index contributed by atoms with van der Waals surface area (Å²) in [4.78, 5) is 23.4. The van der Waals surface area contributed by atoms with Gasteiger partial charge in [0.05, 0.1) is 11.5 Å². The summed E-state index contributed by atoms with van der Waals surface area (Å²) >= 11 is 2.57. The number of hydrogen-bond acceptors (Lipinski definition) is 10. The zero-order chi connectivity index (χ0) is 28.5. The SMILES string of the molecule is Cc1ccc(-n2c(CCCCc3nnc(SCC(=O)NN)n3-c3ccc(C)cc3)nnc2SCC(=O)NN)cc1. The number of hydrogen-bond donors (Lipinski definition) is 4. The van der Waals surface area contributed by atoms with Crippen molar-refractivity contribution >= 4 is 35.3 Å². The highest BCUT2D eigenvalue weighted by Gasteiger charge is 2.18. The van der Waals surface area contributed by atoms with E-state index in [2.05, 4.69) is 31.2 Å².